The normalized spacial score (nSPS) is 32.1. The Hall–Kier alpha value is -3.28. The molecule has 11 nitrogen and oxygen atoms in total. The maximum Gasteiger partial charge on any atom is 0.336 e. The first-order chi connectivity index (χ1) is 16.2. The van der Waals surface area contributed by atoms with Gasteiger partial charge in [0.1, 0.15) is 11.7 Å². The molecule has 1 aromatic rings. The van der Waals surface area contributed by atoms with Gasteiger partial charge in [-0.15, -0.1) is 0 Å². The van der Waals surface area contributed by atoms with Gasteiger partial charge >= 0.3 is 5.97 Å². The molecule has 2 fully saturated rings. The molecule has 0 bridgehead atoms. The summed E-state index contributed by atoms with van der Waals surface area (Å²) < 4.78 is 0. The smallest absolute Gasteiger partial charge is 0.336 e. The lowest BCUT2D eigenvalue weighted by Gasteiger charge is -2.53. The van der Waals surface area contributed by atoms with Crippen molar-refractivity contribution >= 4 is 34.9 Å². The van der Waals surface area contributed by atoms with Crippen molar-refractivity contribution in [2.24, 2.45) is 23.5 Å². The third kappa shape index (κ3) is 3.29. The van der Waals surface area contributed by atoms with E-state index in [4.69, 9.17) is 5.73 Å². The number of rotatable bonds is 4. The zero-order chi connectivity index (χ0) is 26.1. The van der Waals surface area contributed by atoms with E-state index >= 15 is 0 Å². The minimum Gasteiger partial charge on any atom is -0.507 e. The summed E-state index contributed by atoms with van der Waals surface area (Å²) in [6.45, 7) is 0. The van der Waals surface area contributed by atoms with Gasteiger partial charge in [0, 0.05) is 42.9 Å². The van der Waals surface area contributed by atoms with Crippen molar-refractivity contribution in [3.05, 3.63) is 34.4 Å². The molecule has 0 aliphatic heterocycles. The summed E-state index contributed by atoms with van der Waals surface area (Å²) in [6, 6.07) is 1.99. The monoisotopic (exact) mass is 487 g/mol. The molecule has 0 saturated heterocycles. The predicted octanol–water partition coefficient (Wildman–Crippen LogP) is -0.812. The number of hydrogen-bond acceptors (Lipinski definition) is 9. The number of aliphatic hydroxyl groups excluding tert-OH is 2. The number of amides is 1. The fourth-order valence-electron chi connectivity index (χ4n) is 6.20. The van der Waals surface area contributed by atoms with Crippen molar-refractivity contribution in [2.75, 3.05) is 33.1 Å². The number of anilines is 1. The van der Waals surface area contributed by atoms with Gasteiger partial charge in [-0.05, 0) is 50.6 Å². The summed E-state index contributed by atoms with van der Waals surface area (Å²) in [5.74, 6) is -8.96. The predicted molar refractivity (Wildman–Crippen MR) is 124 cm³/mol. The van der Waals surface area contributed by atoms with Crippen LogP contribution in [0.5, 0.6) is 0 Å². The summed E-state index contributed by atoms with van der Waals surface area (Å²) >= 11 is 0. The second kappa shape index (κ2) is 8.14. The number of fused-ring (bicyclic) bond motifs is 3. The largest absolute Gasteiger partial charge is 0.507 e. The lowest BCUT2D eigenvalue weighted by Crippen LogP contribution is -2.73. The number of aromatic carboxylic acids is 1. The Bertz CT molecular complexity index is 1190. The van der Waals surface area contributed by atoms with E-state index in [2.05, 4.69) is 0 Å². The highest BCUT2D eigenvalue weighted by Gasteiger charge is 2.67. The molecule has 6 N–H and O–H groups in total. The highest BCUT2D eigenvalue weighted by molar-refractivity contribution is 6.25. The van der Waals surface area contributed by atoms with Crippen LogP contribution in [0.1, 0.15) is 27.9 Å². The van der Waals surface area contributed by atoms with Gasteiger partial charge in [0.2, 0.25) is 11.7 Å². The molecular weight excluding hydrogens is 458 g/mol. The topological polar surface area (TPSA) is 182 Å². The van der Waals surface area contributed by atoms with E-state index in [-0.39, 0.29) is 29.5 Å². The van der Waals surface area contributed by atoms with Crippen molar-refractivity contribution < 1.29 is 39.6 Å². The van der Waals surface area contributed by atoms with Gasteiger partial charge in [-0.25, -0.2) is 4.79 Å². The van der Waals surface area contributed by atoms with E-state index in [9.17, 15) is 39.6 Å². The van der Waals surface area contributed by atoms with Crippen LogP contribution in [0.15, 0.2) is 17.7 Å². The van der Waals surface area contributed by atoms with Crippen molar-refractivity contribution in [2.45, 2.75) is 30.6 Å². The molecule has 4 rings (SSSR count). The van der Waals surface area contributed by atoms with E-state index in [0.29, 0.717) is 11.3 Å². The number of carboxylic acids is 1. The summed E-state index contributed by atoms with van der Waals surface area (Å²) in [5, 5.41) is 43.5. The van der Waals surface area contributed by atoms with Gasteiger partial charge in [-0.3, -0.25) is 14.4 Å². The third-order valence-corrected chi connectivity index (χ3v) is 7.68. The van der Waals surface area contributed by atoms with Gasteiger partial charge in [0.15, 0.2) is 11.4 Å². The van der Waals surface area contributed by atoms with Crippen LogP contribution in [0.2, 0.25) is 0 Å². The third-order valence-electron chi connectivity index (χ3n) is 7.68. The molecule has 1 aromatic carbocycles. The Morgan fingerprint density at radius 2 is 1.77 bits per heavy atom. The second-order valence-corrected chi connectivity index (χ2v) is 9.98. The zero-order valence-electron chi connectivity index (χ0n) is 19.8. The van der Waals surface area contributed by atoms with E-state index in [1.54, 1.807) is 39.2 Å². The standard InChI is InChI=1S/C24H29N3O8/c1-26(2)13-6-5-10(23(33)34)15-11(13)7-9-8-12-17(27(3)4)19(29)16(22(25)32)21(31)24(12,35)20(30)14(9)18(15)28/h5-6,9,12,16-17,19,28-29,35H,7-8H2,1-4H3,(H2,25,32)(H,33,34)/t9-,12-,16?,17-,19?,24-/m0/s1. The molecule has 188 valence electrons. The lowest BCUT2D eigenvalue weighted by atomic mass is 9.54. The first-order valence-electron chi connectivity index (χ1n) is 11.2. The number of nitrogens with zero attached hydrogens (tertiary/aromatic N) is 2. The molecule has 3 aliphatic carbocycles. The van der Waals surface area contributed by atoms with Crippen LogP contribution in [0.3, 0.4) is 0 Å². The Balaban J connectivity index is 1.97. The van der Waals surface area contributed by atoms with Crippen LogP contribution in [-0.2, 0) is 20.8 Å². The number of carbonyl (C=O) groups is 4. The van der Waals surface area contributed by atoms with Crippen molar-refractivity contribution in [1.82, 2.24) is 4.90 Å². The average Bonchev–Trinajstić information content (AvgIpc) is 2.74. The van der Waals surface area contributed by atoms with E-state index in [1.807, 2.05) is 0 Å². The van der Waals surface area contributed by atoms with Crippen molar-refractivity contribution in [3.8, 4) is 0 Å². The molecule has 0 heterocycles. The second-order valence-electron chi connectivity index (χ2n) is 9.98. The summed E-state index contributed by atoms with van der Waals surface area (Å²) in [6.07, 6.45) is -1.34. The van der Waals surface area contributed by atoms with Crippen LogP contribution < -0.4 is 10.6 Å². The fourth-order valence-corrected chi connectivity index (χ4v) is 6.20. The van der Waals surface area contributed by atoms with Crippen molar-refractivity contribution in [3.63, 3.8) is 0 Å². The Labute approximate surface area is 201 Å². The van der Waals surface area contributed by atoms with Gasteiger partial charge in [-0.1, -0.05) is 0 Å². The molecule has 1 amide bonds. The molecule has 6 atom stereocenters. The number of ketones is 2. The highest BCUT2D eigenvalue weighted by atomic mass is 16.4. The molecule has 35 heavy (non-hydrogen) atoms. The average molecular weight is 488 g/mol. The number of Topliss-reactive ketones (excluding diaryl/α,β-unsaturated/α-hetero) is 2. The number of carboxylic acid groups (broad SMARTS) is 1. The summed E-state index contributed by atoms with van der Waals surface area (Å²) in [4.78, 5) is 54.4. The Morgan fingerprint density at radius 3 is 2.29 bits per heavy atom. The minimum atomic E-state index is -2.71. The molecule has 0 spiro atoms. The number of benzene rings is 1. The Morgan fingerprint density at radius 1 is 1.14 bits per heavy atom. The molecule has 0 aromatic heterocycles. The number of hydrogen-bond donors (Lipinski definition) is 5. The lowest BCUT2D eigenvalue weighted by molar-refractivity contribution is -0.184. The van der Waals surface area contributed by atoms with Crippen LogP contribution in [0, 0.1) is 17.8 Å². The number of primary amides is 1. The summed E-state index contributed by atoms with van der Waals surface area (Å²) in [5.41, 5.74) is 3.32. The minimum absolute atomic E-state index is 0.0301. The fraction of sp³-hybridized carbons (Fsp3) is 0.500. The quantitative estimate of drug-likeness (QED) is 0.337. The first-order valence-corrected chi connectivity index (χ1v) is 11.2. The van der Waals surface area contributed by atoms with Gasteiger partial charge in [-0.2, -0.15) is 0 Å². The van der Waals surface area contributed by atoms with Crippen LogP contribution >= 0.6 is 0 Å². The van der Waals surface area contributed by atoms with E-state index in [1.165, 1.54) is 11.0 Å². The van der Waals surface area contributed by atoms with Gasteiger partial charge < -0.3 is 36.0 Å². The van der Waals surface area contributed by atoms with Crippen LogP contribution in [0.4, 0.5) is 5.69 Å². The molecule has 3 aliphatic rings. The number of nitrogens with two attached hydrogens (primary N) is 1. The molecule has 0 radical (unpaired) electrons. The van der Waals surface area contributed by atoms with Crippen LogP contribution in [-0.4, -0.2) is 94.7 Å². The first kappa shape index (κ1) is 24.8. The van der Waals surface area contributed by atoms with Gasteiger partial charge in [0.25, 0.3) is 0 Å². The molecular formula is C24H29N3O8. The zero-order valence-corrected chi connectivity index (χ0v) is 19.8. The Kier molecular flexibility index (Phi) is 5.78. The SMILES string of the molecule is CN(C)c1ccc(C(=O)O)c2c1C[C@H]1C[C@H]3[C@H](N(C)C)C(O)C(C(N)=O)C(=O)[C@@]3(O)C(=O)C1=C2O. The number of carbonyl (C=O) groups excluding carboxylic acids is 3. The molecule has 2 unspecified atom stereocenters. The molecule has 11 heteroatoms. The highest BCUT2D eigenvalue weighted by Crippen LogP contribution is 2.52. The number of aliphatic hydroxyl groups is 3. The maximum atomic E-state index is 13.8. The van der Waals surface area contributed by atoms with Crippen molar-refractivity contribution in [1.29, 1.82) is 0 Å². The van der Waals surface area contributed by atoms with E-state index < -0.39 is 64.7 Å². The molecule has 2 saturated carbocycles. The van der Waals surface area contributed by atoms with Gasteiger partial charge in [0.05, 0.1) is 11.7 Å². The van der Waals surface area contributed by atoms with E-state index in [0.717, 1.165) is 0 Å². The number of likely N-dealkylation sites (N-methyl/N-ethyl adjacent to an activating group) is 1. The summed E-state index contributed by atoms with van der Waals surface area (Å²) in [7, 11) is 6.71. The van der Waals surface area contributed by atoms with Crippen LogP contribution in [0.25, 0.3) is 5.76 Å². The maximum absolute atomic E-state index is 13.8.